The quantitative estimate of drug-likeness (QED) is 0.811. The maximum Gasteiger partial charge on any atom is 0.433 e. The van der Waals surface area contributed by atoms with Gasteiger partial charge in [0.15, 0.2) is 5.82 Å². The number of benzene rings is 1. The lowest BCUT2D eigenvalue weighted by Gasteiger charge is -2.16. The maximum atomic E-state index is 13.0. The number of rotatable bonds is 4. The molecule has 0 atom stereocenters. The van der Waals surface area contributed by atoms with Gasteiger partial charge in [0.05, 0.1) is 0 Å². The second-order valence-electron chi connectivity index (χ2n) is 4.17. The van der Waals surface area contributed by atoms with E-state index in [2.05, 4.69) is 9.97 Å². The number of hydrogen-bond donors (Lipinski definition) is 0. The van der Waals surface area contributed by atoms with E-state index >= 15 is 0 Å². The van der Waals surface area contributed by atoms with Gasteiger partial charge in [-0.15, -0.1) is 0 Å². The van der Waals surface area contributed by atoms with Crippen molar-refractivity contribution in [3.8, 4) is 11.4 Å². The Morgan fingerprint density at radius 2 is 1.62 bits per heavy atom. The molecule has 0 radical (unpaired) electrons. The van der Waals surface area contributed by atoms with Crippen molar-refractivity contribution in [2.24, 2.45) is 0 Å². The van der Waals surface area contributed by atoms with Crippen LogP contribution in [0.25, 0.3) is 11.4 Å². The number of halogens is 3. The van der Waals surface area contributed by atoms with Gasteiger partial charge < -0.3 is 9.47 Å². The Balaban J connectivity index is 2.58. The molecule has 0 aliphatic heterocycles. The van der Waals surface area contributed by atoms with Crippen molar-refractivity contribution in [1.29, 1.82) is 0 Å². The van der Waals surface area contributed by atoms with Crippen LogP contribution < -0.4 is 0 Å². The molecule has 4 nitrogen and oxygen atoms in total. The largest absolute Gasteiger partial charge is 0.433 e. The van der Waals surface area contributed by atoms with E-state index in [9.17, 15) is 13.2 Å². The highest BCUT2D eigenvalue weighted by molar-refractivity contribution is 5.55. The van der Waals surface area contributed by atoms with E-state index in [4.69, 9.17) is 9.47 Å². The summed E-state index contributed by atoms with van der Waals surface area (Å²) in [6, 6.07) is 9.24. The molecule has 1 aromatic heterocycles. The van der Waals surface area contributed by atoms with Gasteiger partial charge in [0, 0.05) is 19.8 Å². The number of ether oxygens (including phenoxy) is 2. The Labute approximate surface area is 119 Å². The first-order valence-corrected chi connectivity index (χ1v) is 6.03. The van der Waals surface area contributed by atoms with Crippen molar-refractivity contribution in [2.45, 2.75) is 12.5 Å². The van der Waals surface area contributed by atoms with Crippen molar-refractivity contribution < 1.29 is 22.6 Å². The fourth-order valence-electron chi connectivity index (χ4n) is 1.79. The molecule has 0 unspecified atom stereocenters. The molecule has 0 saturated carbocycles. The van der Waals surface area contributed by atoms with Crippen LogP contribution >= 0.6 is 0 Å². The lowest BCUT2D eigenvalue weighted by atomic mass is 10.2. The lowest BCUT2D eigenvalue weighted by molar-refractivity contribution is -0.142. The van der Waals surface area contributed by atoms with Gasteiger partial charge in [0.2, 0.25) is 6.29 Å². The number of hydrogen-bond acceptors (Lipinski definition) is 4. The fraction of sp³-hybridized carbons (Fsp3) is 0.286. The van der Waals surface area contributed by atoms with Crippen molar-refractivity contribution in [1.82, 2.24) is 9.97 Å². The minimum absolute atomic E-state index is 0.0150. The monoisotopic (exact) mass is 298 g/mol. The van der Waals surface area contributed by atoms with Crippen molar-refractivity contribution in [3.63, 3.8) is 0 Å². The van der Waals surface area contributed by atoms with Gasteiger partial charge in [0.1, 0.15) is 11.4 Å². The summed E-state index contributed by atoms with van der Waals surface area (Å²) >= 11 is 0. The summed E-state index contributed by atoms with van der Waals surface area (Å²) in [7, 11) is 2.65. The minimum atomic E-state index is -4.58. The van der Waals surface area contributed by atoms with Crippen LogP contribution in [0.2, 0.25) is 0 Å². The summed E-state index contributed by atoms with van der Waals surface area (Å²) in [5.74, 6) is -0.0282. The van der Waals surface area contributed by atoms with Crippen LogP contribution in [0.5, 0.6) is 0 Å². The molecule has 0 saturated heterocycles. The van der Waals surface area contributed by atoms with E-state index in [1.807, 2.05) is 0 Å². The van der Waals surface area contributed by atoms with Gasteiger partial charge in [-0.3, -0.25) is 0 Å². The number of aromatic nitrogens is 2. The van der Waals surface area contributed by atoms with E-state index in [-0.39, 0.29) is 11.5 Å². The summed E-state index contributed by atoms with van der Waals surface area (Å²) in [6.07, 6.45) is -5.57. The molecule has 112 valence electrons. The first-order valence-electron chi connectivity index (χ1n) is 6.03. The Morgan fingerprint density at radius 1 is 1.00 bits per heavy atom. The topological polar surface area (TPSA) is 44.2 Å². The van der Waals surface area contributed by atoms with Crippen LogP contribution in [0.1, 0.15) is 17.7 Å². The lowest BCUT2D eigenvalue weighted by Crippen LogP contribution is -2.14. The first-order chi connectivity index (χ1) is 9.95. The molecule has 1 aromatic carbocycles. The highest BCUT2D eigenvalue weighted by atomic mass is 19.4. The van der Waals surface area contributed by atoms with E-state index in [1.165, 1.54) is 14.2 Å². The van der Waals surface area contributed by atoms with Crippen LogP contribution in [-0.2, 0) is 15.7 Å². The van der Waals surface area contributed by atoms with Gasteiger partial charge in [-0.2, -0.15) is 13.2 Å². The first kappa shape index (κ1) is 15.4. The molecule has 1 heterocycles. The van der Waals surface area contributed by atoms with Gasteiger partial charge in [-0.05, 0) is 6.07 Å². The molecule has 0 N–H and O–H groups in total. The SMILES string of the molecule is COC(OC)c1cc(C(F)(F)F)nc(-c2ccccc2)n1. The number of methoxy groups -OCH3 is 2. The Morgan fingerprint density at radius 3 is 2.14 bits per heavy atom. The zero-order valence-electron chi connectivity index (χ0n) is 11.4. The van der Waals surface area contributed by atoms with Crippen molar-refractivity contribution in [3.05, 3.63) is 47.8 Å². The maximum absolute atomic E-state index is 13.0. The summed E-state index contributed by atoms with van der Waals surface area (Å²) in [5.41, 5.74) is -0.539. The predicted molar refractivity (Wildman–Crippen MR) is 69.2 cm³/mol. The second-order valence-corrected chi connectivity index (χ2v) is 4.17. The van der Waals surface area contributed by atoms with Crippen LogP contribution in [0.15, 0.2) is 36.4 Å². The van der Waals surface area contributed by atoms with Crippen LogP contribution in [-0.4, -0.2) is 24.2 Å². The smallest absolute Gasteiger partial charge is 0.350 e. The fourth-order valence-corrected chi connectivity index (χ4v) is 1.79. The third-order valence-electron chi connectivity index (χ3n) is 2.74. The molecular formula is C14H13F3N2O2. The average Bonchev–Trinajstić information content (AvgIpc) is 2.48. The van der Waals surface area contributed by atoms with Crippen LogP contribution in [0, 0.1) is 0 Å². The van der Waals surface area contributed by atoms with Crippen LogP contribution in [0.4, 0.5) is 13.2 Å². The highest BCUT2D eigenvalue weighted by Gasteiger charge is 2.34. The summed E-state index contributed by atoms with van der Waals surface area (Å²) < 4.78 is 48.8. The van der Waals surface area contributed by atoms with Crippen molar-refractivity contribution >= 4 is 0 Å². The third kappa shape index (κ3) is 3.56. The van der Waals surface area contributed by atoms with E-state index in [0.29, 0.717) is 5.56 Å². The Hall–Kier alpha value is -1.99. The summed E-state index contributed by atoms with van der Waals surface area (Å²) in [6.45, 7) is 0. The summed E-state index contributed by atoms with van der Waals surface area (Å²) in [4.78, 5) is 7.68. The molecule has 21 heavy (non-hydrogen) atoms. The van der Waals surface area contributed by atoms with Gasteiger partial charge in [-0.1, -0.05) is 30.3 Å². The zero-order chi connectivity index (χ0) is 15.5. The molecule has 2 aromatic rings. The molecular weight excluding hydrogens is 285 g/mol. The summed E-state index contributed by atoms with van der Waals surface area (Å²) in [5, 5.41) is 0. The molecule has 0 aliphatic rings. The Bertz CT molecular complexity index is 599. The number of alkyl halides is 3. The average molecular weight is 298 g/mol. The molecule has 0 amide bonds. The standard InChI is InChI=1S/C14H13F3N2O2/c1-20-13(21-2)10-8-11(14(15,16)17)19-12(18-10)9-6-4-3-5-7-9/h3-8,13H,1-2H3. The molecule has 0 spiro atoms. The second kappa shape index (κ2) is 6.19. The normalized spacial score (nSPS) is 11.9. The Kier molecular flexibility index (Phi) is 4.54. The highest BCUT2D eigenvalue weighted by Crippen LogP contribution is 2.31. The van der Waals surface area contributed by atoms with Gasteiger partial charge in [-0.25, -0.2) is 9.97 Å². The van der Waals surface area contributed by atoms with E-state index < -0.39 is 18.2 Å². The third-order valence-corrected chi connectivity index (χ3v) is 2.74. The van der Waals surface area contributed by atoms with Gasteiger partial charge in [0.25, 0.3) is 0 Å². The van der Waals surface area contributed by atoms with Gasteiger partial charge >= 0.3 is 6.18 Å². The molecule has 0 fully saturated rings. The molecule has 2 rings (SSSR count). The molecule has 7 heteroatoms. The molecule has 0 bridgehead atoms. The minimum Gasteiger partial charge on any atom is -0.350 e. The van der Waals surface area contributed by atoms with Crippen molar-refractivity contribution in [2.75, 3.05) is 14.2 Å². The molecule has 0 aliphatic carbocycles. The van der Waals surface area contributed by atoms with E-state index in [1.54, 1.807) is 30.3 Å². The van der Waals surface area contributed by atoms with Crippen LogP contribution in [0.3, 0.4) is 0 Å². The predicted octanol–water partition coefficient (Wildman–Crippen LogP) is 3.45. The zero-order valence-corrected chi connectivity index (χ0v) is 11.4. The van der Waals surface area contributed by atoms with E-state index in [0.717, 1.165) is 6.07 Å². The number of nitrogens with zero attached hydrogens (tertiary/aromatic N) is 2.